The highest BCUT2D eigenvalue weighted by molar-refractivity contribution is 6.07. The van der Waals surface area contributed by atoms with Gasteiger partial charge in [-0.15, -0.1) is 0 Å². The Hall–Kier alpha value is -4.07. The molecule has 3 aromatic rings. The molecular weight excluding hydrogens is 442 g/mol. The molecule has 1 aromatic heterocycles. The fourth-order valence-electron chi connectivity index (χ4n) is 4.26. The van der Waals surface area contributed by atoms with E-state index in [1.807, 2.05) is 56.3 Å². The van der Waals surface area contributed by atoms with Crippen molar-refractivity contribution in [2.45, 2.75) is 38.6 Å². The smallest absolute Gasteiger partial charge is 0.257 e. The number of anilines is 2. The van der Waals surface area contributed by atoms with Crippen LogP contribution in [0.25, 0.3) is 11.1 Å². The number of carbonyl (C=O) groups is 2. The number of furan rings is 1. The van der Waals surface area contributed by atoms with E-state index in [0.717, 1.165) is 47.5 Å². The molecule has 1 fully saturated rings. The molecule has 180 valence electrons. The van der Waals surface area contributed by atoms with Gasteiger partial charge in [-0.05, 0) is 74.6 Å². The van der Waals surface area contributed by atoms with Gasteiger partial charge in [-0.25, -0.2) is 0 Å². The summed E-state index contributed by atoms with van der Waals surface area (Å²) in [7, 11) is 0. The van der Waals surface area contributed by atoms with Gasteiger partial charge in [0.1, 0.15) is 0 Å². The molecule has 2 aliphatic rings. The average Bonchev–Trinajstić information content (AvgIpc) is 3.29. The van der Waals surface area contributed by atoms with Crippen molar-refractivity contribution in [3.05, 3.63) is 71.7 Å². The quantitative estimate of drug-likeness (QED) is 0.409. The minimum atomic E-state index is -0.182. The fraction of sp³-hybridized carbons (Fsp3) is 0.296. The maximum atomic E-state index is 13.0. The standard InChI is InChI=1S/C27H29N5O3/c1-16(2)30-26(34)20-4-3-5-23(24(20)19-10-13-35-15-19)31-22-9-8-18(14-21(22)17-6-7-17)25(33)32-27-28-11-12-29-27/h3-5,8-10,13-17,31H,6-7,11-12H2,1-2H3,(H,30,34)(H2,28,29,32,33). The van der Waals surface area contributed by atoms with E-state index in [9.17, 15) is 9.59 Å². The summed E-state index contributed by atoms with van der Waals surface area (Å²) >= 11 is 0. The summed E-state index contributed by atoms with van der Waals surface area (Å²) in [6.45, 7) is 5.27. The minimum Gasteiger partial charge on any atom is -0.472 e. The molecule has 2 amide bonds. The second-order valence-electron chi connectivity index (χ2n) is 9.18. The molecule has 0 saturated heterocycles. The highest BCUT2D eigenvalue weighted by Crippen LogP contribution is 2.45. The summed E-state index contributed by atoms with van der Waals surface area (Å²) in [6.07, 6.45) is 5.41. The zero-order valence-corrected chi connectivity index (χ0v) is 19.9. The van der Waals surface area contributed by atoms with Gasteiger partial charge >= 0.3 is 0 Å². The van der Waals surface area contributed by atoms with Gasteiger partial charge < -0.3 is 20.4 Å². The van der Waals surface area contributed by atoms with Crippen LogP contribution < -0.4 is 21.3 Å². The highest BCUT2D eigenvalue weighted by Gasteiger charge is 2.28. The maximum absolute atomic E-state index is 13.0. The lowest BCUT2D eigenvalue weighted by atomic mass is 9.97. The van der Waals surface area contributed by atoms with Gasteiger partial charge in [-0.1, -0.05) is 6.07 Å². The molecule has 1 aliphatic heterocycles. The number of nitrogens with one attached hydrogen (secondary N) is 4. The lowest BCUT2D eigenvalue weighted by Gasteiger charge is -2.19. The summed E-state index contributed by atoms with van der Waals surface area (Å²) in [5, 5.41) is 12.4. The van der Waals surface area contributed by atoms with Crippen LogP contribution in [0.2, 0.25) is 0 Å². The van der Waals surface area contributed by atoms with Crippen molar-refractivity contribution >= 4 is 29.1 Å². The molecule has 1 saturated carbocycles. The Balaban J connectivity index is 1.49. The van der Waals surface area contributed by atoms with Crippen LogP contribution in [0.3, 0.4) is 0 Å². The monoisotopic (exact) mass is 471 g/mol. The normalized spacial score (nSPS) is 14.9. The van der Waals surface area contributed by atoms with Crippen molar-refractivity contribution in [3.63, 3.8) is 0 Å². The van der Waals surface area contributed by atoms with Crippen LogP contribution >= 0.6 is 0 Å². The van der Waals surface area contributed by atoms with E-state index in [1.165, 1.54) is 0 Å². The number of hydrogen-bond acceptors (Lipinski definition) is 6. The Morgan fingerprint density at radius 1 is 1.09 bits per heavy atom. The Bertz CT molecular complexity index is 1280. The summed E-state index contributed by atoms with van der Waals surface area (Å²) < 4.78 is 5.34. The van der Waals surface area contributed by atoms with Crippen LogP contribution in [0.4, 0.5) is 11.4 Å². The number of hydrogen-bond donors (Lipinski definition) is 4. The lowest BCUT2D eigenvalue weighted by molar-refractivity contribution is 0.0941. The van der Waals surface area contributed by atoms with Gasteiger partial charge in [0.25, 0.3) is 11.8 Å². The molecule has 4 N–H and O–H groups in total. The third-order valence-corrected chi connectivity index (χ3v) is 6.05. The summed E-state index contributed by atoms with van der Waals surface area (Å²) in [6, 6.07) is 13.2. The zero-order valence-electron chi connectivity index (χ0n) is 19.9. The van der Waals surface area contributed by atoms with Crippen molar-refractivity contribution in [1.29, 1.82) is 0 Å². The molecule has 8 nitrogen and oxygen atoms in total. The molecule has 8 heteroatoms. The fourth-order valence-corrected chi connectivity index (χ4v) is 4.26. The van der Waals surface area contributed by atoms with Crippen molar-refractivity contribution in [2.75, 3.05) is 18.4 Å². The van der Waals surface area contributed by atoms with Crippen LogP contribution in [0.1, 0.15) is 58.9 Å². The molecule has 1 aliphatic carbocycles. The molecule has 0 spiro atoms. The summed E-state index contributed by atoms with van der Waals surface area (Å²) in [5.74, 6) is 0.596. The molecular formula is C27H29N5O3. The predicted octanol–water partition coefficient (Wildman–Crippen LogP) is 4.39. The van der Waals surface area contributed by atoms with E-state index in [0.29, 0.717) is 29.5 Å². The molecule has 2 heterocycles. The van der Waals surface area contributed by atoms with Crippen LogP contribution in [-0.2, 0) is 0 Å². The Morgan fingerprint density at radius 3 is 2.63 bits per heavy atom. The predicted molar refractivity (Wildman–Crippen MR) is 136 cm³/mol. The Labute approximate surface area is 204 Å². The summed E-state index contributed by atoms with van der Waals surface area (Å²) in [4.78, 5) is 30.0. The second-order valence-corrected chi connectivity index (χ2v) is 9.18. The van der Waals surface area contributed by atoms with Crippen molar-refractivity contribution in [2.24, 2.45) is 4.99 Å². The van der Waals surface area contributed by atoms with Crippen LogP contribution in [-0.4, -0.2) is 36.9 Å². The molecule has 0 bridgehead atoms. The van der Waals surface area contributed by atoms with Gasteiger partial charge in [-0.3, -0.25) is 19.9 Å². The van der Waals surface area contributed by atoms with Crippen molar-refractivity contribution in [3.8, 4) is 11.1 Å². The number of carbonyl (C=O) groups excluding carboxylic acids is 2. The molecule has 35 heavy (non-hydrogen) atoms. The van der Waals surface area contributed by atoms with E-state index in [1.54, 1.807) is 12.5 Å². The van der Waals surface area contributed by atoms with E-state index in [2.05, 4.69) is 26.3 Å². The summed E-state index contributed by atoms with van der Waals surface area (Å²) in [5.41, 5.74) is 5.56. The third-order valence-electron chi connectivity index (χ3n) is 6.05. The van der Waals surface area contributed by atoms with Gasteiger partial charge in [0, 0.05) is 46.2 Å². The van der Waals surface area contributed by atoms with E-state index < -0.39 is 0 Å². The molecule has 2 aromatic carbocycles. The van der Waals surface area contributed by atoms with E-state index >= 15 is 0 Å². The molecule has 0 radical (unpaired) electrons. The molecule has 0 unspecified atom stereocenters. The molecule has 0 atom stereocenters. The number of nitrogens with zero attached hydrogens (tertiary/aromatic N) is 1. The molecule has 5 rings (SSSR count). The number of aliphatic imine (C=N–C) groups is 1. The maximum Gasteiger partial charge on any atom is 0.257 e. The van der Waals surface area contributed by atoms with Gasteiger partial charge in [0.15, 0.2) is 5.96 Å². The first-order valence-electron chi connectivity index (χ1n) is 12.0. The first kappa shape index (κ1) is 22.7. The number of rotatable bonds is 7. The lowest BCUT2D eigenvalue weighted by Crippen LogP contribution is -2.38. The minimum absolute atomic E-state index is 0.0156. The first-order chi connectivity index (χ1) is 17.0. The topological polar surface area (TPSA) is 108 Å². The zero-order chi connectivity index (χ0) is 24.4. The van der Waals surface area contributed by atoms with Crippen LogP contribution in [0, 0.1) is 0 Å². The SMILES string of the molecule is CC(C)NC(=O)c1cccc(Nc2ccc(C(=O)NC3=NCCN3)cc2C2CC2)c1-c1ccoc1. The number of benzene rings is 2. The van der Waals surface area contributed by atoms with Gasteiger partial charge in [-0.2, -0.15) is 0 Å². The Morgan fingerprint density at radius 2 is 1.94 bits per heavy atom. The van der Waals surface area contributed by atoms with Gasteiger partial charge in [0.2, 0.25) is 0 Å². The van der Waals surface area contributed by atoms with E-state index in [4.69, 9.17) is 4.42 Å². The average molecular weight is 472 g/mol. The third kappa shape index (κ3) is 5.06. The second kappa shape index (κ2) is 9.66. The van der Waals surface area contributed by atoms with Gasteiger partial charge in [0.05, 0.1) is 19.1 Å². The highest BCUT2D eigenvalue weighted by atomic mass is 16.3. The van der Waals surface area contributed by atoms with Crippen LogP contribution in [0.15, 0.2) is 64.4 Å². The first-order valence-corrected chi connectivity index (χ1v) is 12.0. The Kier molecular flexibility index (Phi) is 6.27. The van der Waals surface area contributed by atoms with Crippen molar-refractivity contribution in [1.82, 2.24) is 16.0 Å². The van der Waals surface area contributed by atoms with Crippen molar-refractivity contribution < 1.29 is 14.0 Å². The van der Waals surface area contributed by atoms with E-state index in [-0.39, 0.29) is 17.9 Å². The number of amides is 2. The van der Waals surface area contributed by atoms with Crippen LogP contribution in [0.5, 0.6) is 0 Å². The number of guanidine groups is 1. The largest absolute Gasteiger partial charge is 0.472 e.